The van der Waals surface area contributed by atoms with E-state index < -0.39 is 0 Å². The summed E-state index contributed by atoms with van der Waals surface area (Å²) in [6, 6.07) is 6.67. The predicted octanol–water partition coefficient (Wildman–Crippen LogP) is 4.97. The molecule has 0 atom stereocenters. The van der Waals surface area contributed by atoms with Gasteiger partial charge in [0.2, 0.25) is 0 Å². The first-order valence-corrected chi connectivity index (χ1v) is 6.99. The van der Waals surface area contributed by atoms with Gasteiger partial charge in [-0.2, -0.15) is 0 Å². The largest absolute Gasteiger partial charge is 0.0947 e. The molecule has 2 aliphatic carbocycles. The highest BCUT2D eigenvalue weighted by Gasteiger charge is 2.39. The highest BCUT2D eigenvalue weighted by molar-refractivity contribution is 9.10. The SMILES string of the molecule is C=C1c2cc(Br)ccc2CCC12CCCC2. The van der Waals surface area contributed by atoms with E-state index >= 15 is 0 Å². The van der Waals surface area contributed by atoms with Gasteiger partial charge in [-0.1, -0.05) is 41.4 Å². The smallest absolute Gasteiger partial charge is 0.0181 e. The number of benzene rings is 1. The van der Waals surface area contributed by atoms with E-state index in [-0.39, 0.29) is 0 Å². The number of rotatable bonds is 0. The van der Waals surface area contributed by atoms with Crippen molar-refractivity contribution in [2.75, 3.05) is 0 Å². The molecule has 0 bridgehead atoms. The molecule has 1 spiro atoms. The van der Waals surface area contributed by atoms with Crippen molar-refractivity contribution in [1.29, 1.82) is 0 Å². The Morgan fingerprint density at radius 1 is 1.12 bits per heavy atom. The first-order valence-electron chi connectivity index (χ1n) is 6.19. The maximum absolute atomic E-state index is 4.41. The summed E-state index contributed by atoms with van der Waals surface area (Å²) in [5.74, 6) is 0. The van der Waals surface area contributed by atoms with Crippen molar-refractivity contribution < 1.29 is 0 Å². The van der Waals surface area contributed by atoms with Crippen molar-refractivity contribution in [2.24, 2.45) is 5.41 Å². The van der Waals surface area contributed by atoms with E-state index in [9.17, 15) is 0 Å². The van der Waals surface area contributed by atoms with E-state index in [1.165, 1.54) is 59.7 Å². The van der Waals surface area contributed by atoms with E-state index in [1.54, 1.807) is 0 Å². The fraction of sp³-hybridized carbons (Fsp3) is 0.467. The van der Waals surface area contributed by atoms with E-state index in [4.69, 9.17) is 0 Å². The van der Waals surface area contributed by atoms with Crippen molar-refractivity contribution >= 4 is 21.5 Å². The van der Waals surface area contributed by atoms with Crippen molar-refractivity contribution in [2.45, 2.75) is 38.5 Å². The molecule has 0 amide bonds. The van der Waals surface area contributed by atoms with Gasteiger partial charge in [0, 0.05) is 4.47 Å². The maximum Gasteiger partial charge on any atom is 0.0181 e. The van der Waals surface area contributed by atoms with E-state index in [2.05, 4.69) is 40.7 Å². The van der Waals surface area contributed by atoms with Gasteiger partial charge in [-0.3, -0.25) is 0 Å². The minimum atomic E-state index is 0.452. The highest BCUT2D eigenvalue weighted by Crippen LogP contribution is 2.54. The maximum atomic E-state index is 4.41. The minimum Gasteiger partial charge on any atom is -0.0947 e. The number of hydrogen-bond acceptors (Lipinski definition) is 0. The molecule has 0 saturated heterocycles. The van der Waals surface area contributed by atoms with Crippen LogP contribution in [0.5, 0.6) is 0 Å². The molecule has 1 heteroatoms. The molecule has 2 aliphatic rings. The average molecular weight is 277 g/mol. The van der Waals surface area contributed by atoms with Gasteiger partial charge >= 0.3 is 0 Å². The number of fused-ring (bicyclic) bond motifs is 1. The number of allylic oxidation sites excluding steroid dienone is 1. The Hall–Kier alpha value is -0.560. The topological polar surface area (TPSA) is 0 Å². The first-order chi connectivity index (χ1) is 7.71. The zero-order chi connectivity index (χ0) is 11.2. The Morgan fingerprint density at radius 2 is 1.88 bits per heavy atom. The fourth-order valence-electron chi connectivity index (χ4n) is 3.46. The lowest BCUT2D eigenvalue weighted by atomic mass is 9.67. The number of aryl methyl sites for hydroxylation is 1. The van der Waals surface area contributed by atoms with Gasteiger partial charge in [-0.05, 0) is 59.9 Å². The Labute approximate surface area is 106 Å². The van der Waals surface area contributed by atoms with Crippen LogP contribution in [0.3, 0.4) is 0 Å². The molecule has 1 fully saturated rings. The van der Waals surface area contributed by atoms with Gasteiger partial charge in [0.25, 0.3) is 0 Å². The molecular weight excluding hydrogens is 260 g/mol. The van der Waals surface area contributed by atoms with Crippen LogP contribution in [-0.2, 0) is 6.42 Å². The van der Waals surface area contributed by atoms with E-state index in [0.29, 0.717) is 5.41 Å². The van der Waals surface area contributed by atoms with Gasteiger partial charge in [-0.15, -0.1) is 0 Å². The van der Waals surface area contributed by atoms with Gasteiger partial charge in [0.15, 0.2) is 0 Å². The van der Waals surface area contributed by atoms with Crippen LogP contribution in [0.1, 0.15) is 43.2 Å². The van der Waals surface area contributed by atoms with Crippen molar-refractivity contribution in [1.82, 2.24) is 0 Å². The number of halogens is 1. The Balaban J connectivity index is 2.07. The molecule has 0 aromatic heterocycles. The summed E-state index contributed by atoms with van der Waals surface area (Å²) in [6.07, 6.45) is 8.06. The summed E-state index contributed by atoms with van der Waals surface area (Å²) in [5.41, 5.74) is 4.77. The van der Waals surface area contributed by atoms with Crippen LogP contribution in [0.25, 0.3) is 5.57 Å². The monoisotopic (exact) mass is 276 g/mol. The third kappa shape index (κ3) is 1.48. The molecule has 1 saturated carbocycles. The fourth-order valence-corrected chi connectivity index (χ4v) is 3.82. The van der Waals surface area contributed by atoms with E-state index in [1.807, 2.05) is 0 Å². The predicted molar refractivity (Wildman–Crippen MR) is 72.4 cm³/mol. The third-order valence-electron chi connectivity index (χ3n) is 4.47. The summed E-state index contributed by atoms with van der Waals surface area (Å²) in [5, 5.41) is 0. The summed E-state index contributed by atoms with van der Waals surface area (Å²) in [4.78, 5) is 0. The van der Waals surface area contributed by atoms with Gasteiger partial charge in [0.05, 0.1) is 0 Å². The van der Waals surface area contributed by atoms with Gasteiger partial charge in [-0.25, -0.2) is 0 Å². The summed E-state index contributed by atoms with van der Waals surface area (Å²) in [7, 11) is 0. The Bertz CT molecular complexity index is 439. The molecule has 1 aromatic carbocycles. The average Bonchev–Trinajstić information content (AvgIpc) is 2.75. The lowest BCUT2D eigenvalue weighted by molar-refractivity contribution is 0.371. The molecule has 0 radical (unpaired) electrons. The molecular formula is C15H17Br. The van der Waals surface area contributed by atoms with Crippen molar-refractivity contribution in [3.63, 3.8) is 0 Å². The molecule has 3 rings (SSSR count). The molecule has 0 N–H and O–H groups in total. The molecule has 1 aromatic rings. The second kappa shape index (κ2) is 3.73. The van der Waals surface area contributed by atoms with Crippen LogP contribution < -0.4 is 0 Å². The van der Waals surface area contributed by atoms with Crippen LogP contribution in [0.4, 0.5) is 0 Å². The first kappa shape index (κ1) is 10.6. The highest BCUT2D eigenvalue weighted by atomic mass is 79.9. The summed E-state index contributed by atoms with van der Waals surface area (Å²) < 4.78 is 1.18. The molecule has 84 valence electrons. The zero-order valence-electron chi connectivity index (χ0n) is 9.56. The molecule has 0 heterocycles. The molecule has 16 heavy (non-hydrogen) atoms. The summed E-state index contributed by atoms with van der Waals surface area (Å²) in [6.45, 7) is 4.41. The standard InChI is InChI=1S/C15H17Br/c1-11-14-10-13(16)5-4-12(14)6-9-15(11)7-2-3-8-15/h4-5,10H,1-3,6-9H2. The Morgan fingerprint density at radius 3 is 2.62 bits per heavy atom. The normalized spacial score (nSPS) is 22.4. The van der Waals surface area contributed by atoms with Crippen LogP contribution in [0.15, 0.2) is 29.3 Å². The quantitative estimate of drug-likeness (QED) is 0.628. The van der Waals surface area contributed by atoms with Crippen LogP contribution >= 0.6 is 15.9 Å². The minimum absolute atomic E-state index is 0.452. The molecule has 0 unspecified atom stereocenters. The third-order valence-corrected chi connectivity index (χ3v) is 4.96. The lowest BCUT2D eigenvalue weighted by Gasteiger charge is -2.37. The zero-order valence-corrected chi connectivity index (χ0v) is 11.1. The number of hydrogen-bond donors (Lipinski definition) is 0. The lowest BCUT2D eigenvalue weighted by Crippen LogP contribution is -2.24. The van der Waals surface area contributed by atoms with Crippen LogP contribution in [0, 0.1) is 5.41 Å². The van der Waals surface area contributed by atoms with Crippen LogP contribution in [0.2, 0.25) is 0 Å². The molecule has 0 aliphatic heterocycles. The second-order valence-electron chi connectivity index (χ2n) is 5.27. The van der Waals surface area contributed by atoms with Crippen molar-refractivity contribution in [3.8, 4) is 0 Å². The molecule has 0 nitrogen and oxygen atoms in total. The second-order valence-corrected chi connectivity index (χ2v) is 6.18. The summed E-state index contributed by atoms with van der Waals surface area (Å²) >= 11 is 3.57. The van der Waals surface area contributed by atoms with E-state index in [0.717, 1.165) is 0 Å². The van der Waals surface area contributed by atoms with Gasteiger partial charge in [0.1, 0.15) is 0 Å². The Kier molecular flexibility index (Phi) is 2.47. The van der Waals surface area contributed by atoms with Crippen molar-refractivity contribution in [3.05, 3.63) is 40.4 Å². The van der Waals surface area contributed by atoms with Gasteiger partial charge < -0.3 is 0 Å². The van der Waals surface area contributed by atoms with Crippen LogP contribution in [-0.4, -0.2) is 0 Å².